The molecule has 1 unspecified atom stereocenters. The van der Waals surface area contributed by atoms with Crippen LogP contribution in [0.2, 0.25) is 0 Å². The minimum Gasteiger partial charge on any atom is -0.390 e. The van der Waals surface area contributed by atoms with E-state index in [1.807, 2.05) is 12.2 Å². The molecule has 0 aromatic rings. The molecular weight excluding hydrogens is 204 g/mol. The lowest BCUT2D eigenvalue weighted by atomic mass is 10.1. The summed E-state index contributed by atoms with van der Waals surface area (Å²) in [5.41, 5.74) is 0. The third kappa shape index (κ3) is 4.38. The van der Waals surface area contributed by atoms with E-state index in [0.29, 0.717) is 0 Å². The van der Waals surface area contributed by atoms with Crippen LogP contribution in [0, 0.1) is 5.92 Å². The molecule has 0 fully saturated rings. The van der Waals surface area contributed by atoms with Crippen LogP contribution in [0.4, 0.5) is 8.78 Å². The molecule has 0 aromatic heterocycles. The van der Waals surface area contributed by atoms with Gasteiger partial charge in [0.05, 0.1) is 6.54 Å². The topological polar surface area (TPSA) is 49.3 Å². The second-order valence-electron chi connectivity index (χ2n) is 3.76. The van der Waals surface area contributed by atoms with E-state index in [-0.39, 0.29) is 18.2 Å². The maximum absolute atomic E-state index is 12.5. The fourth-order valence-corrected chi connectivity index (χ4v) is 1.46. The number of aliphatic hydroxyl groups excluding tert-OH is 1. The molecule has 1 amide bonds. The standard InChI is InChI=1S/C10H15F2NO2/c11-10(12,7-14)6-13-9(15)5-8-3-1-2-4-8/h1,3,8,14H,2,4-7H2,(H,13,15). The van der Waals surface area contributed by atoms with Crippen LogP contribution in [0.25, 0.3) is 0 Å². The fraction of sp³-hybridized carbons (Fsp3) is 0.700. The van der Waals surface area contributed by atoms with Crippen LogP contribution in [0.5, 0.6) is 0 Å². The zero-order valence-electron chi connectivity index (χ0n) is 8.38. The van der Waals surface area contributed by atoms with Gasteiger partial charge in [-0.2, -0.15) is 0 Å². The number of carbonyl (C=O) groups excluding carboxylic acids is 1. The average molecular weight is 219 g/mol. The van der Waals surface area contributed by atoms with Crippen LogP contribution in [0.15, 0.2) is 12.2 Å². The van der Waals surface area contributed by atoms with Crippen molar-refractivity contribution in [1.82, 2.24) is 5.32 Å². The predicted molar refractivity (Wildman–Crippen MR) is 51.5 cm³/mol. The molecule has 86 valence electrons. The van der Waals surface area contributed by atoms with Gasteiger partial charge >= 0.3 is 0 Å². The second-order valence-corrected chi connectivity index (χ2v) is 3.76. The first-order valence-corrected chi connectivity index (χ1v) is 4.95. The van der Waals surface area contributed by atoms with Crippen molar-refractivity contribution in [1.29, 1.82) is 0 Å². The van der Waals surface area contributed by atoms with Gasteiger partial charge in [-0.05, 0) is 18.8 Å². The highest BCUT2D eigenvalue weighted by Crippen LogP contribution is 2.20. The van der Waals surface area contributed by atoms with Crippen molar-refractivity contribution in [2.24, 2.45) is 5.92 Å². The molecule has 15 heavy (non-hydrogen) atoms. The normalized spacial score (nSPS) is 20.6. The lowest BCUT2D eigenvalue weighted by molar-refractivity contribution is -0.124. The number of carbonyl (C=O) groups is 1. The molecule has 1 atom stereocenters. The van der Waals surface area contributed by atoms with E-state index in [0.717, 1.165) is 12.8 Å². The van der Waals surface area contributed by atoms with Gasteiger partial charge in [0, 0.05) is 6.42 Å². The van der Waals surface area contributed by atoms with Gasteiger partial charge in [-0.3, -0.25) is 4.79 Å². The Morgan fingerprint density at radius 3 is 2.87 bits per heavy atom. The first-order chi connectivity index (χ1) is 7.03. The molecule has 0 saturated carbocycles. The van der Waals surface area contributed by atoms with Crippen LogP contribution < -0.4 is 5.32 Å². The Hall–Kier alpha value is -0.970. The highest BCUT2D eigenvalue weighted by Gasteiger charge is 2.28. The van der Waals surface area contributed by atoms with Crippen LogP contribution >= 0.6 is 0 Å². The maximum Gasteiger partial charge on any atom is 0.287 e. The van der Waals surface area contributed by atoms with Gasteiger partial charge in [0.2, 0.25) is 5.91 Å². The molecule has 0 aromatic carbocycles. The molecule has 1 aliphatic carbocycles. The van der Waals surface area contributed by atoms with Crippen molar-refractivity contribution in [3.05, 3.63) is 12.2 Å². The van der Waals surface area contributed by atoms with E-state index in [1.165, 1.54) is 0 Å². The van der Waals surface area contributed by atoms with E-state index < -0.39 is 19.1 Å². The molecule has 1 rings (SSSR count). The van der Waals surface area contributed by atoms with Crippen molar-refractivity contribution in [2.45, 2.75) is 25.2 Å². The van der Waals surface area contributed by atoms with Gasteiger partial charge in [-0.15, -0.1) is 0 Å². The smallest absolute Gasteiger partial charge is 0.287 e. The van der Waals surface area contributed by atoms with Crippen LogP contribution in [0.1, 0.15) is 19.3 Å². The van der Waals surface area contributed by atoms with Crippen LogP contribution in [0.3, 0.4) is 0 Å². The quantitative estimate of drug-likeness (QED) is 0.680. The Labute approximate surface area is 87.2 Å². The fourth-order valence-electron chi connectivity index (χ4n) is 1.46. The van der Waals surface area contributed by atoms with Gasteiger partial charge < -0.3 is 10.4 Å². The second kappa shape index (κ2) is 5.21. The molecule has 0 radical (unpaired) electrons. The van der Waals surface area contributed by atoms with Gasteiger partial charge in [-0.1, -0.05) is 12.2 Å². The van der Waals surface area contributed by atoms with E-state index in [4.69, 9.17) is 5.11 Å². The Morgan fingerprint density at radius 1 is 1.60 bits per heavy atom. The number of rotatable bonds is 5. The first kappa shape index (κ1) is 12.1. The summed E-state index contributed by atoms with van der Waals surface area (Å²) in [5.74, 6) is -3.44. The van der Waals surface area contributed by atoms with E-state index in [1.54, 1.807) is 0 Å². The van der Waals surface area contributed by atoms with Crippen LogP contribution in [-0.4, -0.2) is 30.1 Å². The number of hydrogen-bond acceptors (Lipinski definition) is 2. The Kier molecular flexibility index (Phi) is 4.20. The summed E-state index contributed by atoms with van der Waals surface area (Å²) >= 11 is 0. The van der Waals surface area contributed by atoms with E-state index >= 15 is 0 Å². The van der Waals surface area contributed by atoms with Gasteiger partial charge in [0.1, 0.15) is 6.61 Å². The number of amides is 1. The van der Waals surface area contributed by atoms with E-state index in [2.05, 4.69) is 5.32 Å². The van der Waals surface area contributed by atoms with Crippen molar-refractivity contribution < 1.29 is 18.7 Å². The number of hydrogen-bond donors (Lipinski definition) is 2. The molecule has 0 spiro atoms. The lowest BCUT2D eigenvalue weighted by Gasteiger charge is -2.14. The molecule has 0 saturated heterocycles. The average Bonchev–Trinajstić information content (AvgIpc) is 2.68. The summed E-state index contributed by atoms with van der Waals surface area (Å²) in [6.07, 6.45) is 6.02. The minimum absolute atomic E-state index is 0.174. The highest BCUT2D eigenvalue weighted by molar-refractivity contribution is 5.76. The Morgan fingerprint density at radius 2 is 2.33 bits per heavy atom. The zero-order chi connectivity index (χ0) is 11.3. The molecule has 0 aliphatic heterocycles. The molecule has 1 aliphatic rings. The number of nitrogens with one attached hydrogen (secondary N) is 1. The third-order valence-electron chi connectivity index (χ3n) is 2.34. The molecule has 2 N–H and O–H groups in total. The number of allylic oxidation sites excluding steroid dienone is 2. The number of alkyl halides is 2. The molecular formula is C10H15F2NO2. The molecule has 0 bridgehead atoms. The summed E-state index contributed by atoms with van der Waals surface area (Å²) in [7, 11) is 0. The monoisotopic (exact) mass is 219 g/mol. The SMILES string of the molecule is O=C(CC1C=CCC1)NCC(F)(F)CO. The largest absolute Gasteiger partial charge is 0.390 e. The van der Waals surface area contributed by atoms with Gasteiger partial charge in [0.25, 0.3) is 5.92 Å². The molecule has 5 heteroatoms. The predicted octanol–water partition coefficient (Wildman–Crippen LogP) is 1.09. The van der Waals surface area contributed by atoms with Crippen LogP contribution in [-0.2, 0) is 4.79 Å². The van der Waals surface area contributed by atoms with Crippen molar-refractivity contribution in [2.75, 3.05) is 13.2 Å². The first-order valence-electron chi connectivity index (χ1n) is 4.95. The van der Waals surface area contributed by atoms with E-state index in [9.17, 15) is 13.6 Å². The summed E-state index contributed by atoms with van der Waals surface area (Å²) in [4.78, 5) is 11.2. The summed E-state index contributed by atoms with van der Waals surface area (Å²) in [6.45, 7) is -2.03. The Bertz CT molecular complexity index is 254. The van der Waals surface area contributed by atoms with Crippen molar-refractivity contribution >= 4 is 5.91 Å². The Balaban J connectivity index is 2.21. The zero-order valence-corrected chi connectivity index (χ0v) is 8.38. The summed E-state index contributed by atoms with van der Waals surface area (Å²) < 4.78 is 25.1. The summed E-state index contributed by atoms with van der Waals surface area (Å²) in [6, 6.07) is 0. The maximum atomic E-state index is 12.5. The van der Waals surface area contributed by atoms with Crippen molar-refractivity contribution in [3.8, 4) is 0 Å². The lowest BCUT2D eigenvalue weighted by Crippen LogP contribution is -2.39. The summed E-state index contributed by atoms with van der Waals surface area (Å²) in [5, 5.41) is 10.4. The molecule has 0 heterocycles. The highest BCUT2D eigenvalue weighted by atomic mass is 19.3. The van der Waals surface area contributed by atoms with Gasteiger partial charge in [0.15, 0.2) is 0 Å². The third-order valence-corrected chi connectivity index (χ3v) is 2.34. The number of halogens is 2. The molecule has 3 nitrogen and oxygen atoms in total. The minimum atomic E-state index is -3.22. The number of aliphatic hydroxyl groups is 1. The van der Waals surface area contributed by atoms with Crippen molar-refractivity contribution in [3.63, 3.8) is 0 Å². The van der Waals surface area contributed by atoms with Gasteiger partial charge in [-0.25, -0.2) is 8.78 Å².